The first-order valence-electron chi connectivity index (χ1n) is 5.31. The van der Waals surface area contributed by atoms with E-state index in [1.807, 2.05) is 38.1 Å². The number of hydrogen-bond donors (Lipinski definition) is 1. The zero-order valence-corrected chi connectivity index (χ0v) is 10.5. The second-order valence-corrected chi connectivity index (χ2v) is 5.56. The van der Waals surface area contributed by atoms with E-state index in [-0.39, 0.29) is 12.0 Å². The Morgan fingerprint density at radius 1 is 1.31 bits per heavy atom. The lowest BCUT2D eigenvalue weighted by Gasteiger charge is -2.13. The molecule has 0 unspecified atom stereocenters. The zero-order valence-electron chi connectivity index (χ0n) is 9.73. The Labute approximate surface area is 101 Å². The summed E-state index contributed by atoms with van der Waals surface area (Å²) in [5.41, 5.74) is 0.694. The van der Waals surface area contributed by atoms with Gasteiger partial charge in [-0.05, 0) is 43.7 Å². The molecule has 0 radical (unpaired) electrons. The summed E-state index contributed by atoms with van der Waals surface area (Å²) in [5, 5.41) is 17.8. The van der Waals surface area contributed by atoms with E-state index in [1.165, 1.54) is 4.90 Å². The summed E-state index contributed by atoms with van der Waals surface area (Å²) in [6.07, 6.45) is 0.885. The fourth-order valence-corrected chi connectivity index (χ4v) is 2.35. The molecule has 0 atom stereocenters. The van der Waals surface area contributed by atoms with Crippen molar-refractivity contribution >= 4 is 11.8 Å². The molecule has 16 heavy (non-hydrogen) atoms. The number of nitrogens with zero attached hydrogens (tertiary/aromatic N) is 1. The number of hydrogen-bond acceptors (Lipinski definition) is 3. The average Bonchev–Trinajstić information content (AvgIpc) is 2.30. The minimum Gasteiger partial charge on any atom is -0.392 e. The van der Waals surface area contributed by atoms with Crippen molar-refractivity contribution in [3.8, 4) is 6.07 Å². The summed E-state index contributed by atoms with van der Waals surface area (Å²) in [4.78, 5) is 1.19. The SMILES string of the molecule is CC(C)(C#N)CCSc1ccc(CO)cc1. The maximum Gasteiger partial charge on any atom is 0.0684 e. The molecule has 2 nitrogen and oxygen atoms in total. The Bertz CT molecular complexity index is 365. The number of aliphatic hydroxyl groups is 1. The maximum absolute atomic E-state index is 8.90. The molecule has 86 valence electrons. The lowest BCUT2D eigenvalue weighted by atomic mass is 9.93. The van der Waals surface area contributed by atoms with Crippen molar-refractivity contribution in [3.05, 3.63) is 29.8 Å². The van der Waals surface area contributed by atoms with Crippen LogP contribution in [0, 0.1) is 16.7 Å². The van der Waals surface area contributed by atoms with E-state index in [1.54, 1.807) is 11.8 Å². The third-order valence-electron chi connectivity index (χ3n) is 2.40. The van der Waals surface area contributed by atoms with Gasteiger partial charge in [0, 0.05) is 4.90 Å². The largest absolute Gasteiger partial charge is 0.392 e. The molecule has 0 saturated heterocycles. The molecule has 1 aromatic rings. The van der Waals surface area contributed by atoms with Crippen LogP contribution in [0.5, 0.6) is 0 Å². The smallest absolute Gasteiger partial charge is 0.0684 e. The van der Waals surface area contributed by atoms with Gasteiger partial charge >= 0.3 is 0 Å². The Morgan fingerprint density at radius 2 is 1.94 bits per heavy atom. The van der Waals surface area contributed by atoms with E-state index in [9.17, 15) is 0 Å². The van der Waals surface area contributed by atoms with Crippen LogP contribution < -0.4 is 0 Å². The molecule has 0 spiro atoms. The van der Waals surface area contributed by atoms with Crippen molar-refractivity contribution in [2.24, 2.45) is 5.41 Å². The zero-order chi connectivity index (χ0) is 12.0. The van der Waals surface area contributed by atoms with Gasteiger partial charge in [0.05, 0.1) is 18.1 Å². The highest BCUT2D eigenvalue weighted by Crippen LogP contribution is 2.25. The van der Waals surface area contributed by atoms with Gasteiger partial charge in [0.25, 0.3) is 0 Å². The van der Waals surface area contributed by atoms with Gasteiger partial charge in [-0.3, -0.25) is 0 Å². The summed E-state index contributed by atoms with van der Waals surface area (Å²) in [5.74, 6) is 0.943. The van der Waals surface area contributed by atoms with Crippen molar-refractivity contribution in [1.82, 2.24) is 0 Å². The molecule has 0 fully saturated rings. The standard InChI is InChI=1S/C13H17NOS/c1-13(2,10-14)7-8-16-12-5-3-11(9-15)4-6-12/h3-6,15H,7-9H2,1-2H3. The minimum atomic E-state index is -0.238. The normalized spacial score (nSPS) is 11.1. The molecule has 0 aliphatic heterocycles. The molecule has 0 aromatic heterocycles. The van der Waals surface area contributed by atoms with Gasteiger partial charge in [-0.2, -0.15) is 5.26 Å². The van der Waals surface area contributed by atoms with Crippen molar-refractivity contribution < 1.29 is 5.11 Å². The summed E-state index contributed by atoms with van der Waals surface area (Å²) in [6, 6.07) is 10.2. The van der Waals surface area contributed by atoms with Crippen molar-refractivity contribution in [2.75, 3.05) is 5.75 Å². The van der Waals surface area contributed by atoms with Crippen LogP contribution in [-0.4, -0.2) is 10.9 Å². The Balaban J connectivity index is 2.41. The monoisotopic (exact) mass is 235 g/mol. The molecule has 0 aliphatic rings. The predicted molar refractivity (Wildman–Crippen MR) is 67.1 cm³/mol. The van der Waals surface area contributed by atoms with E-state index in [0.717, 1.165) is 17.7 Å². The number of rotatable bonds is 5. The molecule has 0 saturated carbocycles. The van der Waals surface area contributed by atoms with Gasteiger partial charge in [-0.25, -0.2) is 0 Å². The van der Waals surface area contributed by atoms with Gasteiger partial charge in [0.2, 0.25) is 0 Å². The van der Waals surface area contributed by atoms with Crippen LogP contribution in [0.4, 0.5) is 0 Å². The van der Waals surface area contributed by atoms with Crippen LogP contribution >= 0.6 is 11.8 Å². The summed E-state index contributed by atoms with van der Waals surface area (Å²) >= 11 is 1.75. The molecule has 3 heteroatoms. The van der Waals surface area contributed by atoms with Crippen LogP contribution in [0.15, 0.2) is 29.2 Å². The van der Waals surface area contributed by atoms with E-state index < -0.39 is 0 Å². The lowest BCUT2D eigenvalue weighted by Crippen LogP contribution is -2.08. The molecule has 0 heterocycles. The third kappa shape index (κ3) is 4.26. The average molecular weight is 235 g/mol. The molecule has 1 aromatic carbocycles. The topological polar surface area (TPSA) is 44.0 Å². The first-order chi connectivity index (χ1) is 7.57. The number of aliphatic hydroxyl groups excluding tert-OH is 1. The Hall–Kier alpha value is -0.980. The van der Waals surface area contributed by atoms with Crippen LogP contribution in [0.3, 0.4) is 0 Å². The van der Waals surface area contributed by atoms with Gasteiger partial charge in [0.1, 0.15) is 0 Å². The Morgan fingerprint density at radius 3 is 2.44 bits per heavy atom. The molecular weight excluding hydrogens is 218 g/mol. The van der Waals surface area contributed by atoms with Crippen LogP contribution in [-0.2, 0) is 6.61 Å². The summed E-state index contributed by atoms with van der Waals surface area (Å²) in [6.45, 7) is 4.01. The second kappa shape index (κ2) is 5.93. The van der Waals surface area contributed by atoms with E-state index >= 15 is 0 Å². The molecule has 0 bridgehead atoms. The third-order valence-corrected chi connectivity index (χ3v) is 3.42. The van der Waals surface area contributed by atoms with Gasteiger partial charge in [-0.1, -0.05) is 12.1 Å². The van der Waals surface area contributed by atoms with Crippen LogP contribution in [0.25, 0.3) is 0 Å². The molecule has 0 aliphatic carbocycles. The predicted octanol–water partition coefficient (Wildman–Crippen LogP) is 3.21. The fourth-order valence-electron chi connectivity index (χ4n) is 1.17. The maximum atomic E-state index is 8.90. The van der Waals surface area contributed by atoms with Crippen molar-refractivity contribution in [3.63, 3.8) is 0 Å². The highest BCUT2D eigenvalue weighted by molar-refractivity contribution is 7.99. The van der Waals surface area contributed by atoms with Gasteiger partial charge in [-0.15, -0.1) is 11.8 Å². The first-order valence-corrected chi connectivity index (χ1v) is 6.30. The molecule has 0 amide bonds. The summed E-state index contributed by atoms with van der Waals surface area (Å²) < 4.78 is 0. The van der Waals surface area contributed by atoms with E-state index in [4.69, 9.17) is 10.4 Å². The lowest BCUT2D eigenvalue weighted by molar-refractivity contribution is 0.282. The molecular formula is C13H17NOS. The van der Waals surface area contributed by atoms with Crippen molar-refractivity contribution in [2.45, 2.75) is 31.8 Å². The highest BCUT2D eigenvalue weighted by Gasteiger charge is 2.15. The van der Waals surface area contributed by atoms with Gasteiger partial charge < -0.3 is 5.11 Å². The van der Waals surface area contributed by atoms with E-state index in [2.05, 4.69) is 6.07 Å². The second-order valence-electron chi connectivity index (χ2n) is 4.40. The number of thioether (sulfide) groups is 1. The molecule has 1 rings (SSSR count). The first kappa shape index (κ1) is 13.1. The highest BCUT2D eigenvalue weighted by atomic mass is 32.2. The number of benzene rings is 1. The minimum absolute atomic E-state index is 0.0897. The molecule has 1 N–H and O–H groups in total. The van der Waals surface area contributed by atoms with E-state index in [0.29, 0.717) is 0 Å². The quantitative estimate of drug-likeness (QED) is 0.797. The van der Waals surface area contributed by atoms with Crippen LogP contribution in [0.1, 0.15) is 25.8 Å². The van der Waals surface area contributed by atoms with Crippen molar-refractivity contribution in [1.29, 1.82) is 5.26 Å². The van der Waals surface area contributed by atoms with Crippen LogP contribution in [0.2, 0.25) is 0 Å². The summed E-state index contributed by atoms with van der Waals surface area (Å²) in [7, 11) is 0. The number of nitriles is 1. The van der Waals surface area contributed by atoms with Gasteiger partial charge in [0.15, 0.2) is 0 Å². The Kier molecular flexibility index (Phi) is 4.85. The fraction of sp³-hybridized carbons (Fsp3) is 0.462.